The summed E-state index contributed by atoms with van der Waals surface area (Å²) >= 11 is 1.99. The van der Waals surface area contributed by atoms with Crippen molar-refractivity contribution in [1.29, 1.82) is 0 Å². The van der Waals surface area contributed by atoms with Crippen LogP contribution in [0, 0.1) is 11.3 Å². The molecule has 0 aromatic carbocycles. The van der Waals surface area contributed by atoms with E-state index in [1.807, 2.05) is 11.8 Å². The van der Waals surface area contributed by atoms with E-state index in [1.165, 1.54) is 12.8 Å². The van der Waals surface area contributed by atoms with Gasteiger partial charge in [0.05, 0.1) is 0 Å². The van der Waals surface area contributed by atoms with Crippen LogP contribution in [0.1, 0.15) is 26.2 Å². The van der Waals surface area contributed by atoms with Crippen LogP contribution in [-0.4, -0.2) is 48.0 Å². The van der Waals surface area contributed by atoms with Gasteiger partial charge in [0.2, 0.25) is 5.91 Å². The maximum absolute atomic E-state index is 12.5. The van der Waals surface area contributed by atoms with E-state index in [-0.39, 0.29) is 0 Å². The zero-order chi connectivity index (χ0) is 11.9. The van der Waals surface area contributed by atoms with Crippen LogP contribution in [-0.2, 0) is 4.79 Å². The van der Waals surface area contributed by atoms with E-state index in [9.17, 15) is 4.79 Å². The standard InChI is InChI=1S/C13H22N2OS/c1-10-9-15(6-7-17-10)12(16)11-8-13(11)2-4-14-5-3-13/h10-11,14H,2-9H2,1H3. The molecule has 2 unspecified atom stereocenters. The molecule has 0 radical (unpaired) electrons. The Hall–Kier alpha value is -0.220. The molecular formula is C13H22N2OS. The first-order chi connectivity index (χ1) is 8.21. The van der Waals surface area contributed by atoms with Crippen LogP contribution in [0.3, 0.4) is 0 Å². The molecule has 3 nitrogen and oxygen atoms in total. The van der Waals surface area contributed by atoms with Crippen molar-refractivity contribution in [1.82, 2.24) is 10.2 Å². The van der Waals surface area contributed by atoms with Gasteiger partial charge in [-0.05, 0) is 37.8 Å². The maximum atomic E-state index is 12.5. The zero-order valence-electron chi connectivity index (χ0n) is 10.6. The van der Waals surface area contributed by atoms with E-state index in [0.717, 1.165) is 38.4 Å². The van der Waals surface area contributed by atoms with Crippen molar-refractivity contribution in [3.05, 3.63) is 0 Å². The molecule has 17 heavy (non-hydrogen) atoms. The highest BCUT2D eigenvalue weighted by Crippen LogP contribution is 2.59. The van der Waals surface area contributed by atoms with E-state index in [4.69, 9.17) is 0 Å². The van der Waals surface area contributed by atoms with E-state index in [1.54, 1.807) is 0 Å². The Kier molecular flexibility index (Phi) is 3.11. The number of carbonyl (C=O) groups is 1. The summed E-state index contributed by atoms with van der Waals surface area (Å²) in [7, 11) is 0. The Labute approximate surface area is 108 Å². The number of rotatable bonds is 1. The lowest BCUT2D eigenvalue weighted by Gasteiger charge is -2.32. The molecule has 96 valence electrons. The molecular weight excluding hydrogens is 232 g/mol. The Bertz CT molecular complexity index is 315. The monoisotopic (exact) mass is 254 g/mol. The normalized spacial score (nSPS) is 35.9. The molecule has 0 bridgehead atoms. The number of thioether (sulfide) groups is 1. The van der Waals surface area contributed by atoms with Crippen molar-refractivity contribution >= 4 is 17.7 Å². The highest BCUT2D eigenvalue weighted by Gasteiger charge is 2.58. The van der Waals surface area contributed by atoms with Gasteiger partial charge in [0.1, 0.15) is 0 Å². The number of carbonyl (C=O) groups excluding carboxylic acids is 1. The molecule has 1 spiro atoms. The minimum absolute atomic E-state index is 0.361. The van der Waals surface area contributed by atoms with E-state index in [2.05, 4.69) is 17.1 Å². The molecule has 2 aliphatic heterocycles. The highest BCUT2D eigenvalue weighted by molar-refractivity contribution is 7.99. The second-order valence-electron chi connectivity index (χ2n) is 5.83. The average Bonchev–Trinajstić information content (AvgIpc) is 3.03. The van der Waals surface area contributed by atoms with Crippen LogP contribution in [0.5, 0.6) is 0 Å². The lowest BCUT2D eigenvalue weighted by Crippen LogP contribution is -2.43. The molecule has 3 aliphatic rings. The van der Waals surface area contributed by atoms with Gasteiger partial charge in [-0.2, -0.15) is 11.8 Å². The predicted octanol–water partition coefficient (Wildman–Crippen LogP) is 1.34. The molecule has 3 fully saturated rings. The fraction of sp³-hybridized carbons (Fsp3) is 0.923. The van der Waals surface area contributed by atoms with Crippen LogP contribution < -0.4 is 5.32 Å². The molecule has 2 atom stereocenters. The fourth-order valence-electron chi connectivity index (χ4n) is 3.41. The van der Waals surface area contributed by atoms with Crippen molar-refractivity contribution < 1.29 is 4.79 Å². The number of amides is 1. The summed E-state index contributed by atoms with van der Waals surface area (Å²) in [5.74, 6) is 1.94. The number of piperidine rings is 1. The fourth-order valence-corrected chi connectivity index (χ4v) is 4.43. The molecule has 2 saturated heterocycles. The van der Waals surface area contributed by atoms with E-state index in [0.29, 0.717) is 22.5 Å². The van der Waals surface area contributed by atoms with Gasteiger partial charge in [-0.3, -0.25) is 4.79 Å². The Morgan fingerprint density at radius 3 is 2.88 bits per heavy atom. The minimum Gasteiger partial charge on any atom is -0.341 e. The van der Waals surface area contributed by atoms with Gasteiger partial charge < -0.3 is 10.2 Å². The van der Waals surface area contributed by atoms with Gasteiger partial charge >= 0.3 is 0 Å². The SMILES string of the molecule is CC1CN(C(=O)C2CC23CCNCC3)CCS1. The maximum Gasteiger partial charge on any atom is 0.226 e. The Morgan fingerprint density at radius 1 is 1.41 bits per heavy atom. The molecule has 4 heteroatoms. The van der Waals surface area contributed by atoms with Crippen LogP contribution >= 0.6 is 11.8 Å². The summed E-state index contributed by atoms with van der Waals surface area (Å²) in [5, 5.41) is 4.02. The lowest BCUT2D eigenvalue weighted by molar-refractivity contribution is -0.133. The van der Waals surface area contributed by atoms with Crippen molar-refractivity contribution in [3.63, 3.8) is 0 Å². The first kappa shape index (κ1) is 11.8. The average molecular weight is 254 g/mol. The zero-order valence-corrected chi connectivity index (χ0v) is 11.4. The molecule has 2 heterocycles. The molecule has 0 aromatic heterocycles. The van der Waals surface area contributed by atoms with E-state index < -0.39 is 0 Å². The van der Waals surface area contributed by atoms with Gasteiger partial charge in [-0.25, -0.2) is 0 Å². The summed E-state index contributed by atoms with van der Waals surface area (Å²) in [6.07, 6.45) is 3.58. The van der Waals surface area contributed by atoms with Gasteiger partial charge in [0, 0.05) is 30.0 Å². The number of nitrogens with one attached hydrogen (secondary N) is 1. The second kappa shape index (κ2) is 4.47. The topological polar surface area (TPSA) is 32.3 Å². The molecule has 0 aromatic rings. The Balaban J connectivity index is 1.60. The first-order valence-electron chi connectivity index (χ1n) is 6.82. The molecule has 1 amide bonds. The van der Waals surface area contributed by atoms with Gasteiger partial charge in [-0.15, -0.1) is 0 Å². The molecule has 1 saturated carbocycles. The second-order valence-corrected chi connectivity index (χ2v) is 7.38. The van der Waals surface area contributed by atoms with Gasteiger partial charge in [-0.1, -0.05) is 6.92 Å². The summed E-state index contributed by atoms with van der Waals surface area (Å²) in [6.45, 7) is 6.39. The van der Waals surface area contributed by atoms with Crippen LogP contribution in [0.4, 0.5) is 0 Å². The number of hydrogen-bond acceptors (Lipinski definition) is 3. The van der Waals surface area contributed by atoms with Crippen molar-refractivity contribution in [3.8, 4) is 0 Å². The summed E-state index contributed by atoms with van der Waals surface area (Å²) in [4.78, 5) is 14.6. The highest BCUT2D eigenvalue weighted by atomic mass is 32.2. The Morgan fingerprint density at radius 2 is 2.18 bits per heavy atom. The third-order valence-electron chi connectivity index (χ3n) is 4.64. The molecule has 1 N–H and O–H groups in total. The van der Waals surface area contributed by atoms with E-state index >= 15 is 0 Å². The van der Waals surface area contributed by atoms with Crippen LogP contribution in [0.15, 0.2) is 0 Å². The quantitative estimate of drug-likeness (QED) is 0.766. The van der Waals surface area contributed by atoms with Crippen molar-refractivity contribution in [2.45, 2.75) is 31.4 Å². The van der Waals surface area contributed by atoms with Gasteiger partial charge in [0.25, 0.3) is 0 Å². The number of nitrogens with zero attached hydrogens (tertiary/aromatic N) is 1. The minimum atomic E-state index is 0.361. The molecule has 3 rings (SSSR count). The largest absolute Gasteiger partial charge is 0.341 e. The third-order valence-corrected chi connectivity index (χ3v) is 5.78. The van der Waals surface area contributed by atoms with Crippen molar-refractivity contribution in [2.24, 2.45) is 11.3 Å². The van der Waals surface area contributed by atoms with Crippen LogP contribution in [0.25, 0.3) is 0 Å². The smallest absolute Gasteiger partial charge is 0.226 e. The summed E-state index contributed by atoms with van der Waals surface area (Å²) in [5.41, 5.74) is 0.399. The summed E-state index contributed by atoms with van der Waals surface area (Å²) in [6, 6.07) is 0. The first-order valence-corrected chi connectivity index (χ1v) is 7.87. The lowest BCUT2D eigenvalue weighted by atomic mass is 9.91. The summed E-state index contributed by atoms with van der Waals surface area (Å²) < 4.78 is 0. The van der Waals surface area contributed by atoms with Crippen molar-refractivity contribution in [2.75, 3.05) is 31.9 Å². The third kappa shape index (κ3) is 2.22. The molecule has 1 aliphatic carbocycles. The number of hydrogen-bond donors (Lipinski definition) is 1. The van der Waals surface area contributed by atoms with Crippen LogP contribution in [0.2, 0.25) is 0 Å². The van der Waals surface area contributed by atoms with Gasteiger partial charge in [0.15, 0.2) is 0 Å². The predicted molar refractivity (Wildman–Crippen MR) is 71.1 cm³/mol.